The first-order chi connectivity index (χ1) is 12.9. The van der Waals surface area contributed by atoms with Gasteiger partial charge in [-0.15, -0.1) is 11.3 Å². The Morgan fingerprint density at radius 3 is 2.93 bits per heavy atom. The van der Waals surface area contributed by atoms with Gasteiger partial charge in [0.2, 0.25) is 5.91 Å². The van der Waals surface area contributed by atoms with Crippen LogP contribution in [0.15, 0.2) is 29.6 Å². The summed E-state index contributed by atoms with van der Waals surface area (Å²) in [6.45, 7) is 1.99. The van der Waals surface area contributed by atoms with E-state index in [9.17, 15) is 18.8 Å². The Morgan fingerprint density at radius 1 is 1.41 bits per heavy atom. The number of aryl methyl sites for hydroxylation is 1. The molecule has 4 amide bonds. The van der Waals surface area contributed by atoms with E-state index in [1.54, 1.807) is 12.1 Å². The molecule has 1 atom stereocenters. The topological polar surface area (TPSA) is 91.4 Å². The number of rotatable bonds is 7. The summed E-state index contributed by atoms with van der Waals surface area (Å²) in [5, 5.41) is 7.60. The lowest BCUT2D eigenvalue weighted by Crippen LogP contribution is -2.33. The van der Waals surface area contributed by atoms with E-state index >= 15 is 0 Å². The van der Waals surface area contributed by atoms with Crippen molar-refractivity contribution in [3.8, 4) is 0 Å². The lowest BCUT2D eigenvalue weighted by molar-refractivity contribution is -0.127. The zero-order chi connectivity index (χ0) is 19.4. The Labute approximate surface area is 159 Å². The van der Waals surface area contributed by atoms with Crippen molar-refractivity contribution >= 4 is 34.3 Å². The summed E-state index contributed by atoms with van der Waals surface area (Å²) in [6.07, 6.45) is 0.664. The minimum Gasteiger partial charge on any atom is -0.326 e. The normalized spacial score (nSPS) is 16.5. The van der Waals surface area contributed by atoms with Gasteiger partial charge in [0.15, 0.2) is 5.13 Å². The van der Waals surface area contributed by atoms with Crippen LogP contribution in [0.4, 0.5) is 14.3 Å². The highest BCUT2D eigenvalue weighted by atomic mass is 32.1. The molecule has 1 aromatic heterocycles. The predicted molar refractivity (Wildman–Crippen MR) is 98.9 cm³/mol. The van der Waals surface area contributed by atoms with Crippen LogP contribution in [0.5, 0.6) is 0 Å². The number of anilines is 1. The molecule has 0 radical (unpaired) electrons. The van der Waals surface area contributed by atoms with Crippen molar-refractivity contribution < 1.29 is 18.8 Å². The van der Waals surface area contributed by atoms with Crippen LogP contribution in [-0.4, -0.2) is 40.3 Å². The smallest absolute Gasteiger partial charge is 0.324 e. The maximum Gasteiger partial charge on any atom is 0.324 e. The SMILES string of the molecule is Cc1csc(NC(=O)CC[C@@H]2NC(=O)N(CCc3cccc(F)c3)C2=O)n1. The van der Waals surface area contributed by atoms with Crippen LogP contribution >= 0.6 is 11.3 Å². The zero-order valence-corrected chi connectivity index (χ0v) is 15.5. The Kier molecular flexibility index (Phi) is 5.80. The average Bonchev–Trinajstić information content (AvgIpc) is 3.14. The van der Waals surface area contributed by atoms with Crippen molar-refractivity contribution in [2.75, 3.05) is 11.9 Å². The fraction of sp³-hybridized carbons (Fsp3) is 0.333. The molecule has 2 heterocycles. The van der Waals surface area contributed by atoms with Gasteiger partial charge in [0.05, 0.1) is 5.69 Å². The molecule has 0 unspecified atom stereocenters. The molecule has 1 aliphatic rings. The fourth-order valence-electron chi connectivity index (χ4n) is 2.79. The van der Waals surface area contributed by atoms with E-state index in [0.29, 0.717) is 17.1 Å². The number of carbonyl (C=O) groups is 3. The van der Waals surface area contributed by atoms with E-state index in [4.69, 9.17) is 0 Å². The molecule has 1 aromatic carbocycles. The second-order valence-corrected chi connectivity index (χ2v) is 7.11. The molecule has 9 heteroatoms. The summed E-state index contributed by atoms with van der Waals surface area (Å²) >= 11 is 1.33. The van der Waals surface area contributed by atoms with Gasteiger partial charge in [-0.05, 0) is 37.5 Å². The second-order valence-electron chi connectivity index (χ2n) is 6.25. The van der Waals surface area contributed by atoms with Gasteiger partial charge in [-0.25, -0.2) is 14.2 Å². The van der Waals surface area contributed by atoms with Crippen LogP contribution in [-0.2, 0) is 16.0 Å². The zero-order valence-electron chi connectivity index (χ0n) is 14.7. The van der Waals surface area contributed by atoms with Gasteiger partial charge in [-0.1, -0.05) is 12.1 Å². The Hall–Kier alpha value is -2.81. The van der Waals surface area contributed by atoms with Crippen LogP contribution in [0, 0.1) is 12.7 Å². The van der Waals surface area contributed by atoms with Crippen molar-refractivity contribution in [2.24, 2.45) is 0 Å². The summed E-state index contributed by atoms with van der Waals surface area (Å²) in [6, 6.07) is 4.82. The lowest BCUT2D eigenvalue weighted by Gasteiger charge is -2.13. The molecular formula is C18H19FN4O3S. The molecule has 7 nitrogen and oxygen atoms in total. The van der Waals surface area contributed by atoms with Crippen LogP contribution < -0.4 is 10.6 Å². The number of aromatic nitrogens is 1. The highest BCUT2D eigenvalue weighted by Crippen LogP contribution is 2.16. The number of carbonyl (C=O) groups excluding carboxylic acids is 3. The lowest BCUT2D eigenvalue weighted by atomic mass is 10.1. The van der Waals surface area contributed by atoms with Crippen LogP contribution in [0.2, 0.25) is 0 Å². The summed E-state index contributed by atoms with van der Waals surface area (Å²) in [4.78, 5) is 41.7. The number of nitrogens with zero attached hydrogens (tertiary/aromatic N) is 2. The molecule has 27 heavy (non-hydrogen) atoms. The number of hydrogen-bond acceptors (Lipinski definition) is 5. The molecule has 2 aromatic rings. The number of imide groups is 1. The van der Waals surface area contributed by atoms with E-state index in [-0.39, 0.29) is 37.0 Å². The molecule has 0 saturated carbocycles. The molecule has 0 bridgehead atoms. The van der Waals surface area contributed by atoms with Crippen molar-refractivity contribution in [2.45, 2.75) is 32.2 Å². The quantitative estimate of drug-likeness (QED) is 0.711. The van der Waals surface area contributed by atoms with Crippen LogP contribution in [0.1, 0.15) is 24.1 Å². The Balaban J connectivity index is 1.49. The molecule has 0 aliphatic carbocycles. The number of halogens is 1. The van der Waals surface area contributed by atoms with Crippen molar-refractivity contribution in [3.05, 3.63) is 46.7 Å². The Morgan fingerprint density at radius 2 is 2.22 bits per heavy atom. The van der Waals surface area contributed by atoms with Crippen molar-refractivity contribution in [1.82, 2.24) is 15.2 Å². The van der Waals surface area contributed by atoms with Gasteiger partial charge in [0.25, 0.3) is 5.91 Å². The number of urea groups is 1. The average molecular weight is 390 g/mol. The maximum absolute atomic E-state index is 13.2. The molecule has 142 valence electrons. The molecule has 1 saturated heterocycles. The summed E-state index contributed by atoms with van der Waals surface area (Å²) in [5.41, 5.74) is 1.53. The summed E-state index contributed by atoms with van der Waals surface area (Å²) < 4.78 is 13.2. The fourth-order valence-corrected chi connectivity index (χ4v) is 3.49. The molecular weight excluding hydrogens is 371 g/mol. The monoisotopic (exact) mass is 390 g/mol. The first-order valence-electron chi connectivity index (χ1n) is 8.50. The van der Waals surface area contributed by atoms with Gasteiger partial charge in [0.1, 0.15) is 11.9 Å². The Bertz CT molecular complexity index is 870. The first kappa shape index (κ1) is 19.0. The number of hydrogen-bond donors (Lipinski definition) is 2. The number of nitrogens with one attached hydrogen (secondary N) is 2. The number of benzene rings is 1. The molecule has 0 spiro atoms. The van der Waals surface area contributed by atoms with E-state index < -0.39 is 12.1 Å². The van der Waals surface area contributed by atoms with E-state index in [2.05, 4.69) is 15.6 Å². The third-order valence-electron chi connectivity index (χ3n) is 4.15. The minimum absolute atomic E-state index is 0.0903. The largest absolute Gasteiger partial charge is 0.326 e. The highest BCUT2D eigenvalue weighted by Gasteiger charge is 2.37. The molecule has 3 rings (SSSR count). The van der Waals surface area contributed by atoms with Crippen molar-refractivity contribution in [3.63, 3.8) is 0 Å². The highest BCUT2D eigenvalue weighted by molar-refractivity contribution is 7.13. The molecule has 2 N–H and O–H groups in total. The third-order valence-corrected chi connectivity index (χ3v) is 5.02. The van der Waals surface area contributed by atoms with E-state index in [1.165, 1.54) is 23.5 Å². The third kappa shape index (κ3) is 4.88. The van der Waals surface area contributed by atoms with E-state index in [0.717, 1.165) is 10.6 Å². The first-order valence-corrected chi connectivity index (χ1v) is 9.38. The molecule has 1 aliphatic heterocycles. The summed E-state index contributed by atoms with van der Waals surface area (Å²) in [5.74, 6) is -0.983. The van der Waals surface area contributed by atoms with Gasteiger partial charge >= 0.3 is 6.03 Å². The predicted octanol–water partition coefficient (Wildman–Crippen LogP) is 2.47. The minimum atomic E-state index is -0.728. The maximum atomic E-state index is 13.2. The van der Waals surface area contributed by atoms with Crippen LogP contribution in [0.3, 0.4) is 0 Å². The second kappa shape index (κ2) is 8.26. The van der Waals surface area contributed by atoms with Gasteiger partial charge in [-0.2, -0.15) is 0 Å². The van der Waals surface area contributed by atoms with Crippen LogP contribution in [0.25, 0.3) is 0 Å². The summed E-state index contributed by atoms with van der Waals surface area (Å²) in [7, 11) is 0. The standard InChI is InChI=1S/C18H19FN4O3S/c1-11-10-27-17(20-11)22-15(24)6-5-14-16(25)23(18(26)21-14)8-7-12-3-2-4-13(19)9-12/h2-4,9-10,14H,5-8H2,1H3,(H,21,26)(H,20,22,24)/t14-/m0/s1. The number of amides is 4. The number of thiazole rings is 1. The van der Waals surface area contributed by atoms with Gasteiger partial charge in [0, 0.05) is 18.3 Å². The van der Waals surface area contributed by atoms with Crippen molar-refractivity contribution in [1.29, 1.82) is 0 Å². The van der Waals surface area contributed by atoms with Gasteiger partial charge < -0.3 is 10.6 Å². The van der Waals surface area contributed by atoms with Gasteiger partial charge in [-0.3, -0.25) is 14.5 Å². The molecule has 1 fully saturated rings. The van der Waals surface area contributed by atoms with E-state index in [1.807, 2.05) is 12.3 Å².